The Labute approximate surface area is 154 Å². The minimum absolute atomic E-state index is 0.0390. The highest BCUT2D eigenvalue weighted by Crippen LogP contribution is 2.17. The van der Waals surface area contributed by atoms with Crippen molar-refractivity contribution in [1.29, 1.82) is 0 Å². The van der Waals surface area contributed by atoms with Crippen LogP contribution in [0.5, 0.6) is 0 Å². The zero-order chi connectivity index (χ0) is 18.3. The van der Waals surface area contributed by atoms with E-state index in [0.29, 0.717) is 0 Å². The molecule has 1 heterocycles. The minimum Gasteiger partial charge on any atom is -0.305 e. The Kier molecular flexibility index (Phi) is 12.0. The Balaban J connectivity index is 1.93. The summed E-state index contributed by atoms with van der Waals surface area (Å²) in [5.74, 6) is -0.836. The molecular formula is C22H37NO2. The molecule has 0 radical (unpaired) electrons. The summed E-state index contributed by atoms with van der Waals surface area (Å²) >= 11 is 0. The first-order valence-corrected chi connectivity index (χ1v) is 10.4. The fourth-order valence-corrected chi connectivity index (χ4v) is 3.42. The first-order chi connectivity index (χ1) is 12.2. The molecule has 0 aromatic heterocycles. The number of carbonyl (C=O) groups excluding carboxylic acids is 2. The number of rotatable bonds is 16. The standard InChI is InChI=1S/C22H37NO2/c1-3-5-6-7-8-9-10-11-12-13-14-15-16-17-20(4-2)23-19-18-21(24)22(23)25/h4,18-20H,2-3,5-17H2,1H3. The normalized spacial score (nSPS) is 15.2. The third kappa shape index (κ3) is 9.04. The van der Waals surface area contributed by atoms with Crippen molar-refractivity contribution < 1.29 is 9.59 Å². The van der Waals surface area contributed by atoms with Gasteiger partial charge in [0.1, 0.15) is 0 Å². The van der Waals surface area contributed by atoms with Gasteiger partial charge in [-0.05, 0) is 6.42 Å². The summed E-state index contributed by atoms with van der Waals surface area (Å²) in [6.07, 6.45) is 23.0. The number of hydrogen-bond donors (Lipinski definition) is 0. The summed E-state index contributed by atoms with van der Waals surface area (Å²) in [6, 6.07) is -0.0390. The second kappa shape index (κ2) is 13.9. The molecule has 0 aromatic rings. The summed E-state index contributed by atoms with van der Waals surface area (Å²) in [4.78, 5) is 24.5. The van der Waals surface area contributed by atoms with Crippen LogP contribution < -0.4 is 0 Å². The van der Waals surface area contributed by atoms with Gasteiger partial charge in [0.25, 0.3) is 5.91 Å². The van der Waals surface area contributed by atoms with Gasteiger partial charge in [-0.25, -0.2) is 0 Å². The highest BCUT2D eigenvalue weighted by atomic mass is 16.2. The lowest BCUT2D eigenvalue weighted by molar-refractivity contribution is -0.139. The Morgan fingerprint density at radius 3 is 1.76 bits per heavy atom. The monoisotopic (exact) mass is 347 g/mol. The van der Waals surface area contributed by atoms with Crippen molar-refractivity contribution in [3.8, 4) is 0 Å². The molecule has 0 spiro atoms. The van der Waals surface area contributed by atoms with Crippen LogP contribution in [0, 0.1) is 0 Å². The molecule has 3 heteroatoms. The summed E-state index contributed by atoms with van der Waals surface area (Å²) in [5.41, 5.74) is 0. The summed E-state index contributed by atoms with van der Waals surface area (Å²) in [6.45, 7) is 6.07. The molecule has 0 fully saturated rings. The first-order valence-electron chi connectivity index (χ1n) is 10.4. The molecule has 25 heavy (non-hydrogen) atoms. The van der Waals surface area contributed by atoms with E-state index in [4.69, 9.17) is 0 Å². The van der Waals surface area contributed by atoms with Crippen molar-refractivity contribution in [2.45, 2.75) is 103 Å². The van der Waals surface area contributed by atoms with Crippen molar-refractivity contribution >= 4 is 11.7 Å². The first kappa shape index (κ1) is 21.7. The van der Waals surface area contributed by atoms with Crippen LogP contribution in [0.25, 0.3) is 0 Å². The van der Waals surface area contributed by atoms with Gasteiger partial charge in [0.05, 0.1) is 6.04 Å². The van der Waals surface area contributed by atoms with E-state index in [0.717, 1.165) is 12.8 Å². The molecule has 1 aliphatic heterocycles. The van der Waals surface area contributed by atoms with E-state index in [9.17, 15) is 9.59 Å². The Hall–Kier alpha value is -1.38. The van der Waals surface area contributed by atoms with Crippen LogP contribution in [-0.2, 0) is 9.59 Å². The largest absolute Gasteiger partial charge is 0.305 e. The third-order valence-electron chi connectivity index (χ3n) is 5.06. The molecule has 3 nitrogen and oxygen atoms in total. The molecule has 0 aromatic carbocycles. The lowest BCUT2D eigenvalue weighted by atomic mass is 10.0. The topological polar surface area (TPSA) is 37.4 Å². The van der Waals surface area contributed by atoms with Crippen molar-refractivity contribution in [1.82, 2.24) is 4.90 Å². The lowest BCUT2D eigenvalue weighted by Crippen LogP contribution is -2.34. The molecule has 0 bridgehead atoms. The second-order valence-electron chi connectivity index (χ2n) is 7.23. The van der Waals surface area contributed by atoms with Crippen LogP contribution in [0.15, 0.2) is 24.9 Å². The molecule has 1 unspecified atom stereocenters. The van der Waals surface area contributed by atoms with Gasteiger partial charge in [-0.2, -0.15) is 0 Å². The third-order valence-corrected chi connectivity index (χ3v) is 5.06. The summed E-state index contributed by atoms with van der Waals surface area (Å²) in [5, 5.41) is 0. The summed E-state index contributed by atoms with van der Waals surface area (Å²) in [7, 11) is 0. The number of unbranched alkanes of at least 4 members (excludes halogenated alkanes) is 12. The van der Waals surface area contributed by atoms with Gasteiger partial charge < -0.3 is 4.90 Å². The fraction of sp³-hybridized carbons (Fsp3) is 0.727. The summed E-state index contributed by atoms with van der Waals surface area (Å²) < 4.78 is 0. The molecule has 0 aliphatic carbocycles. The molecule has 1 aliphatic rings. The Morgan fingerprint density at radius 1 is 0.880 bits per heavy atom. The van der Waals surface area contributed by atoms with E-state index >= 15 is 0 Å². The fourth-order valence-electron chi connectivity index (χ4n) is 3.42. The van der Waals surface area contributed by atoms with Crippen LogP contribution in [0.1, 0.15) is 96.8 Å². The van der Waals surface area contributed by atoms with Gasteiger partial charge in [-0.3, -0.25) is 9.59 Å². The average Bonchev–Trinajstić information content (AvgIpc) is 2.95. The van der Waals surface area contributed by atoms with Crippen molar-refractivity contribution in [2.24, 2.45) is 0 Å². The molecule has 0 saturated carbocycles. The predicted octanol–water partition coefficient (Wildman–Crippen LogP) is 5.95. The van der Waals surface area contributed by atoms with Gasteiger partial charge in [0.15, 0.2) is 0 Å². The van der Waals surface area contributed by atoms with E-state index in [1.807, 2.05) is 0 Å². The molecule has 1 atom stereocenters. The van der Waals surface area contributed by atoms with E-state index < -0.39 is 11.7 Å². The maximum atomic E-state index is 11.7. The molecular weight excluding hydrogens is 310 g/mol. The number of ketones is 1. The predicted molar refractivity (Wildman–Crippen MR) is 105 cm³/mol. The molecule has 142 valence electrons. The highest BCUT2D eigenvalue weighted by Gasteiger charge is 2.28. The van der Waals surface area contributed by atoms with Crippen molar-refractivity contribution in [3.63, 3.8) is 0 Å². The maximum absolute atomic E-state index is 11.7. The van der Waals surface area contributed by atoms with Gasteiger partial charge >= 0.3 is 0 Å². The van der Waals surface area contributed by atoms with E-state index in [-0.39, 0.29) is 6.04 Å². The zero-order valence-corrected chi connectivity index (χ0v) is 16.2. The number of carbonyl (C=O) groups is 2. The van der Waals surface area contributed by atoms with Gasteiger partial charge in [-0.1, -0.05) is 96.5 Å². The van der Waals surface area contributed by atoms with Gasteiger partial charge in [0.2, 0.25) is 5.78 Å². The minimum atomic E-state index is -0.419. The zero-order valence-electron chi connectivity index (χ0n) is 16.2. The average molecular weight is 348 g/mol. The molecule has 1 amide bonds. The van der Waals surface area contributed by atoms with Crippen LogP contribution in [-0.4, -0.2) is 22.6 Å². The van der Waals surface area contributed by atoms with Crippen LogP contribution in [0.2, 0.25) is 0 Å². The van der Waals surface area contributed by atoms with Gasteiger partial charge in [0, 0.05) is 12.3 Å². The second-order valence-corrected chi connectivity index (χ2v) is 7.23. The molecule has 0 saturated heterocycles. The van der Waals surface area contributed by atoms with Crippen LogP contribution in [0.4, 0.5) is 0 Å². The van der Waals surface area contributed by atoms with Crippen molar-refractivity contribution in [3.05, 3.63) is 24.9 Å². The maximum Gasteiger partial charge on any atom is 0.298 e. The molecule has 0 N–H and O–H groups in total. The smallest absolute Gasteiger partial charge is 0.298 e. The Bertz CT molecular complexity index is 428. The number of hydrogen-bond acceptors (Lipinski definition) is 2. The van der Waals surface area contributed by atoms with E-state index in [2.05, 4.69) is 13.5 Å². The van der Waals surface area contributed by atoms with Gasteiger partial charge in [-0.15, -0.1) is 6.58 Å². The SMILES string of the molecule is C=CC(CCCCCCCCCCCCCCC)N1C=CC(=O)C1=O. The Morgan fingerprint density at radius 2 is 1.36 bits per heavy atom. The highest BCUT2D eigenvalue weighted by molar-refractivity contribution is 6.42. The quantitative estimate of drug-likeness (QED) is 0.197. The van der Waals surface area contributed by atoms with Crippen LogP contribution in [0.3, 0.4) is 0 Å². The molecule has 1 rings (SSSR count). The number of amides is 1. The lowest BCUT2D eigenvalue weighted by Gasteiger charge is -2.22. The van der Waals surface area contributed by atoms with Crippen LogP contribution >= 0.6 is 0 Å². The van der Waals surface area contributed by atoms with E-state index in [1.165, 1.54) is 88.0 Å². The van der Waals surface area contributed by atoms with Crippen molar-refractivity contribution in [2.75, 3.05) is 0 Å². The van der Waals surface area contributed by atoms with E-state index in [1.54, 1.807) is 12.3 Å². The number of nitrogens with zero attached hydrogens (tertiary/aromatic N) is 1.